The minimum atomic E-state index is -1.05. The van der Waals surface area contributed by atoms with Gasteiger partial charge in [0.25, 0.3) is 5.91 Å². The molecule has 0 spiro atoms. The summed E-state index contributed by atoms with van der Waals surface area (Å²) >= 11 is 5.91. The predicted molar refractivity (Wildman–Crippen MR) is 75.9 cm³/mol. The maximum Gasteiger partial charge on any atom is 0.326 e. The van der Waals surface area contributed by atoms with Crippen LogP contribution < -0.4 is 4.74 Å². The number of hydrogen-bond acceptors (Lipinski definition) is 4. The van der Waals surface area contributed by atoms with E-state index in [-0.39, 0.29) is 24.6 Å². The molecule has 21 heavy (non-hydrogen) atoms. The first-order valence-electron chi connectivity index (χ1n) is 6.38. The number of amides is 1. The summed E-state index contributed by atoms with van der Waals surface area (Å²) in [6.45, 7) is 0.224. The summed E-state index contributed by atoms with van der Waals surface area (Å²) in [6, 6.07) is 3.75. The molecule has 0 radical (unpaired) electrons. The monoisotopic (exact) mass is 313 g/mol. The standard InChI is InChI=1S/C14H16ClNO5/c1-20-9-6-11(14(18)19)16(7-9)13(17)10-5-8(15)3-4-12(10)21-2/h3-5,9,11H,6-7H2,1-2H3,(H,18,19). The number of rotatable bonds is 4. The van der Waals surface area contributed by atoms with Crippen molar-refractivity contribution in [2.75, 3.05) is 20.8 Å². The number of methoxy groups -OCH3 is 2. The molecular formula is C14H16ClNO5. The molecule has 1 aromatic carbocycles. The molecule has 7 heteroatoms. The molecule has 1 aliphatic heterocycles. The fourth-order valence-corrected chi connectivity index (χ4v) is 2.60. The van der Waals surface area contributed by atoms with Crippen molar-refractivity contribution in [1.29, 1.82) is 0 Å². The van der Waals surface area contributed by atoms with Crippen molar-refractivity contribution in [3.8, 4) is 5.75 Å². The zero-order valence-corrected chi connectivity index (χ0v) is 12.5. The Morgan fingerprint density at radius 3 is 2.67 bits per heavy atom. The second-order valence-corrected chi connectivity index (χ2v) is 5.19. The average molecular weight is 314 g/mol. The number of ether oxygens (including phenoxy) is 2. The molecule has 2 unspecified atom stereocenters. The zero-order chi connectivity index (χ0) is 15.6. The Hall–Kier alpha value is -1.79. The van der Waals surface area contributed by atoms with Gasteiger partial charge >= 0.3 is 5.97 Å². The second-order valence-electron chi connectivity index (χ2n) is 4.75. The minimum Gasteiger partial charge on any atom is -0.496 e. The van der Waals surface area contributed by atoms with E-state index in [1.54, 1.807) is 12.1 Å². The van der Waals surface area contributed by atoms with Crippen molar-refractivity contribution >= 4 is 23.5 Å². The molecule has 0 aromatic heterocycles. The summed E-state index contributed by atoms with van der Waals surface area (Å²) in [5.74, 6) is -1.13. The van der Waals surface area contributed by atoms with Gasteiger partial charge < -0.3 is 19.5 Å². The van der Waals surface area contributed by atoms with Crippen molar-refractivity contribution in [3.05, 3.63) is 28.8 Å². The van der Waals surface area contributed by atoms with Crippen LogP contribution in [0.15, 0.2) is 18.2 Å². The van der Waals surface area contributed by atoms with E-state index < -0.39 is 17.9 Å². The number of halogens is 1. The Morgan fingerprint density at radius 2 is 2.10 bits per heavy atom. The summed E-state index contributed by atoms with van der Waals surface area (Å²) in [7, 11) is 2.94. The van der Waals surface area contributed by atoms with E-state index in [2.05, 4.69) is 0 Å². The van der Waals surface area contributed by atoms with Crippen LogP contribution in [-0.2, 0) is 9.53 Å². The van der Waals surface area contributed by atoms with Gasteiger partial charge in [-0.1, -0.05) is 11.6 Å². The molecule has 1 heterocycles. The normalized spacial score (nSPS) is 21.4. The van der Waals surface area contributed by atoms with Gasteiger partial charge in [-0.15, -0.1) is 0 Å². The maximum absolute atomic E-state index is 12.6. The molecule has 1 amide bonds. The van der Waals surface area contributed by atoms with Crippen LogP contribution in [0.2, 0.25) is 5.02 Å². The van der Waals surface area contributed by atoms with Crippen molar-refractivity contribution in [3.63, 3.8) is 0 Å². The van der Waals surface area contributed by atoms with E-state index in [1.165, 1.54) is 25.2 Å². The molecule has 1 saturated heterocycles. The average Bonchev–Trinajstić information content (AvgIpc) is 2.91. The van der Waals surface area contributed by atoms with Gasteiger partial charge in [0.15, 0.2) is 0 Å². The van der Waals surface area contributed by atoms with Crippen LogP contribution >= 0.6 is 11.6 Å². The zero-order valence-electron chi connectivity index (χ0n) is 11.7. The van der Waals surface area contributed by atoms with Gasteiger partial charge in [-0.3, -0.25) is 4.79 Å². The fraction of sp³-hybridized carbons (Fsp3) is 0.429. The molecule has 0 aliphatic carbocycles. The first-order valence-corrected chi connectivity index (χ1v) is 6.75. The molecule has 1 aromatic rings. The highest BCUT2D eigenvalue weighted by Gasteiger charge is 2.40. The van der Waals surface area contributed by atoms with Crippen LogP contribution in [0, 0.1) is 0 Å². The van der Waals surface area contributed by atoms with Crippen molar-refractivity contribution < 1.29 is 24.2 Å². The summed E-state index contributed by atoms with van der Waals surface area (Å²) in [6.07, 6.45) is -0.0271. The lowest BCUT2D eigenvalue weighted by Crippen LogP contribution is -2.40. The van der Waals surface area contributed by atoms with E-state index in [0.29, 0.717) is 10.8 Å². The Labute approximate surface area is 127 Å². The Balaban J connectivity index is 2.34. The maximum atomic E-state index is 12.6. The van der Waals surface area contributed by atoms with Crippen LogP contribution in [0.25, 0.3) is 0 Å². The van der Waals surface area contributed by atoms with Crippen LogP contribution in [0.5, 0.6) is 5.75 Å². The van der Waals surface area contributed by atoms with Gasteiger partial charge in [-0.05, 0) is 18.2 Å². The van der Waals surface area contributed by atoms with Gasteiger partial charge in [0.1, 0.15) is 11.8 Å². The van der Waals surface area contributed by atoms with Crippen molar-refractivity contribution in [1.82, 2.24) is 4.90 Å². The number of carboxylic acids is 1. The topological polar surface area (TPSA) is 76.1 Å². The predicted octanol–water partition coefficient (Wildman–Crippen LogP) is 1.66. The molecule has 1 aliphatic rings. The second kappa shape index (κ2) is 6.32. The third kappa shape index (κ3) is 3.11. The van der Waals surface area contributed by atoms with Crippen LogP contribution in [0.4, 0.5) is 0 Å². The number of nitrogens with zero attached hydrogens (tertiary/aromatic N) is 1. The molecule has 2 atom stereocenters. The highest BCUT2D eigenvalue weighted by Crippen LogP contribution is 2.28. The van der Waals surface area contributed by atoms with E-state index in [4.69, 9.17) is 21.1 Å². The van der Waals surface area contributed by atoms with E-state index in [0.717, 1.165) is 0 Å². The minimum absolute atomic E-state index is 0.224. The van der Waals surface area contributed by atoms with Crippen LogP contribution in [-0.4, -0.2) is 54.8 Å². The molecule has 0 saturated carbocycles. The molecular weight excluding hydrogens is 298 g/mol. The third-order valence-electron chi connectivity index (χ3n) is 3.53. The van der Waals surface area contributed by atoms with Gasteiger partial charge in [0, 0.05) is 25.1 Å². The fourth-order valence-electron chi connectivity index (χ4n) is 2.43. The highest BCUT2D eigenvalue weighted by molar-refractivity contribution is 6.31. The lowest BCUT2D eigenvalue weighted by Gasteiger charge is -2.22. The van der Waals surface area contributed by atoms with Crippen molar-refractivity contribution in [2.24, 2.45) is 0 Å². The molecule has 1 fully saturated rings. The number of benzene rings is 1. The van der Waals surface area contributed by atoms with Gasteiger partial charge in [-0.2, -0.15) is 0 Å². The summed E-state index contributed by atoms with van der Waals surface area (Å²) in [5, 5.41) is 9.65. The largest absolute Gasteiger partial charge is 0.496 e. The summed E-state index contributed by atoms with van der Waals surface area (Å²) in [4.78, 5) is 25.2. The number of carbonyl (C=O) groups excluding carboxylic acids is 1. The van der Waals surface area contributed by atoms with Gasteiger partial charge in [0.2, 0.25) is 0 Å². The number of hydrogen-bond donors (Lipinski definition) is 1. The van der Waals surface area contributed by atoms with Crippen LogP contribution in [0.3, 0.4) is 0 Å². The molecule has 114 valence electrons. The van der Waals surface area contributed by atoms with E-state index >= 15 is 0 Å². The number of likely N-dealkylation sites (tertiary alicyclic amines) is 1. The Bertz CT molecular complexity index is 562. The lowest BCUT2D eigenvalue weighted by molar-refractivity contribution is -0.141. The number of aliphatic carboxylic acids is 1. The smallest absolute Gasteiger partial charge is 0.326 e. The number of carboxylic acid groups (broad SMARTS) is 1. The number of carbonyl (C=O) groups is 2. The highest BCUT2D eigenvalue weighted by atomic mass is 35.5. The van der Waals surface area contributed by atoms with Gasteiger partial charge in [0.05, 0.1) is 18.8 Å². The lowest BCUT2D eigenvalue weighted by atomic mass is 10.1. The first-order chi connectivity index (χ1) is 9.97. The summed E-state index contributed by atoms with van der Waals surface area (Å²) < 4.78 is 10.3. The van der Waals surface area contributed by atoms with Crippen LogP contribution in [0.1, 0.15) is 16.8 Å². The Kier molecular flexibility index (Phi) is 4.69. The molecule has 1 N–H and O–H groups in total. The molecule has 2 rings (SSSR count). The molecule has 6 nitrogen and oxygen atoms in total. The Morgan fingerprint density at radius 1 is 1.38 bits per heavy atom. The SMILES string of the molecule is COc1ccc(Cl)cc1C(=O)N1CC(OC)CC1C(=O)O. The van der Waals surface area contributed by atoms with Gasteiger partial charge in [-0.25, -0.2) is 4.79 Å². The quantitative estimate of drug-likeness (QED) is 0.915. The van der Waals surface area contributed by atoms with Crippen molar-refractivity contribution in [2.45, 2.75) is 18.6 Å². The third-order valence-corrected chi connectivity index (χ3v) is 3.77. The summed E-state index contributed by atoms with van der Waals surface area (Å²) in [5.41, 5.74) is 0.244. The van der Waals surface area contributed by atoms with E-state index in [9.17, 15) is 14.7 Å². The first kappa shape index (κ1) is 15.6. The molecule has 0 bridgehead atoms. The van der Waals surface area contributed by atoms with E-state index in [1.807, 2.05) is 0 Å².